The van der Waals surface area contributed by atoms with Gasteiger partial charge in [0, 0.05) is 21.3 Å². The van der Waals surface area contributed by atoms with E-state index in [1.54, 1.807) is 41.3 Å². The molecule has 1 aliphatic rings. The van der Waals surface area contributed by atoms with E-state index in [1.807, 2.05) is 42.5 Å². The Balaban J connectivity index is 1.90. The number of amides is 1. The van der Waals surface area contributed by atoms with Crippen LogP contribution in [0.1, 0.15) is 17.2 Å². The van der Waals surface area contributed by atoms with E-state index in [9.17, 15) is 9.90 Å². The van der Waals surface area contributed by atoms with Crippen LogP contribution in [-0.2, 0) is 4.79 Å². The van der Waals surface area contributed by atoms with E-state index >= 15 is 0 Å². The molecular formula is C22H15Cl2NO2. The first-order valence-corrected chi connectivity index (χ1v) is 9.15. The zero-order chi connectivity index (χ0) is 19.0. The van der Waals surface area contributed by atoms with E-state index < -0.39 is 11.9 Å². The molecule has 0 saturated carbocycles. The number of anilines is 1. The van der Waals surface area contributed by atoms with Gasteiger partial charge >= 0.3 is 0 Å². The van der Waals surface area contributed by atoms with Gasteiger partial charge in [0.15, 0.2) is 5.76 Å². The van der Waals surface area contributed by atoms with Crippen LogP contribution in [0.15, 0.2) is 84.6 Å². The van der Waals surface area contributed by atoms with Gasteiger partial charge in [-0.3, -0.25) is 9.69 Å². The highest BCUT2D eigenvalue weighted by Crippen LogP contribution is 2.45. The van der Waals surface area contributed by atoms with E-state index in [1.165, 1.54) is 0 Å². The van der Waals surface area contributed by atoms with Crippen LogP contribution < -0.4 is 4.90 Å². The van der Waals surface area contributed by atoms with E-state index in [0.717, 1.165) is 11.1 Å². The van der Waals surface area contributed by atoms with Gasteiger partial charge in [-0.15, -0.1) is 0 Å². The van der Waals surface area contributed by atoms with E-state index in [-0.39, 0.29) is 5.76 Å². The number of hydrogen-bond donors (Lipinski definition) is 1. The third-order valence-corrected chi connectivity index (χ3v) is 5.09. The molecule has 5 heteroatoms. The fraction of sp³-hybridized carbons (Fsp3) is 0.0455. The Kier molecular flexibility index (Phi) is 4.65. The second-order valence-electron chi connectivity index (χ2n) is 6.23. The molecule has 1 N–H and O–H groups in total. The average Bonchev–Trinajstić information content (AvgIpc) is 2.95. The number of rotatable bonds is 3. The van der Waals surface area contributed by atoms with Gasteiger partial charge in [-0.05, 0) is 47.5 Å². The first-order chi connectivity index (χ1) is 13.1. The van der Waals surface area contributed by atoms with Crippen LogP contribution in [0.5, 0.6) is 0 Å². The molecule has 0 spiro atoms. The van der Waals surface area contributed by atoms with E-state index in [4.69, 9.17) is 23.2 Å². The molecule has 3 aromatic rings. The van der Waals surface area contributed by atoms with Gasteiger partial charge in [-0.25, -0.2) is 0 Å². The molecule has 0 bridgehead atoms. The number of halogens is 2. The molecule has 0 fully saturated rings. The second-order valence-corrected chi connectivity index (χ2v) is 7.11. The lowest BCUT2D eigenvalue weighted by atomic mass is 9.93. The molecule has 3 aromatic carbocycles. The maximum absolute atomic E-state index is 13.0. The number of aliphatic hydroxyl groups is 1. The van der Waals surface area contributed by atoms with Gasteiger partial charge < -0.3 is 5.11 Å². The molecule has 1 aliphatic heterocycles. The summed E-state index contributed by atoms with van der Waals surface area (Å²) >= 11 is 12.0. The predicted molar refractivity (Wildman–Crippen MR) is 109 cm³/mol. The monoisotopic (exact) mass is 395 g/mol. The lowest BCUT2D eigenvalue weighted by Crippen LogP contribution is -2.30. The van der Waals surface area contributed by atoms with Gasteiger partial charge in [0.1, 0.15) is 0 Å². The smallest absolute Gasteiger partial charge is 0.294 e. The normalized spacial score (nSPS) is 16.9. The fourth-order valence-electron chi connectivity index (χ4n) is 3.35. The van der Waals surface area contributed by atoms with Crippen LogP contribution in [-0.4, -0.2) is 11.0 Å². The molecule has 4 rings (SSSR count). The molecule has 1 atom stereocenters. The van der Waals surface area contributed by atoms with Crippen molar-refractivity contribution in [2.75, 3.05) is 4.90 Å². The summed E-state index contributed by atoms with van der Waals surface area (Å²) in [7, 11) is 0. The molecule has 0 aliphatic carbocycles. The Morgan fingerprint density at radius 1 is 0.778 bits per heavy atom. The number of nitrogens with zero attached hydrogens (tertiary/aromatic N) is 1. The molecule has 0 unspecified atom stereocenters. The molecule has 0 radical (unpaired) electrons. The summed E-state index contributed by atoms with van der Waals surface area (Å²) in [4.78, 5) is 14.6. The molecular weight excluding hydrogens is 381 g/mol. The van der Waals surface area contributed by atoms with Crippen molar-refractivity contribution in [2.45, 2.75) is 6.04 Å². The van der Waals surface area contributed by atoms with Crippen molar-refractivity contribution >= 4 is 40.4 Å². The third kappa shape index (κ3) is 3.20. The molecule has 27 heavy (non-hydrogen) atoms. The Hall–Kier alpha value is -2.75. The number of hydrogen-bond acceptors (Lipinski definition) is 2. The molecule has 3 nitrogen and oxygen atoms in total. The van der Waals surface area contributed by atoms with Gasteiger partial charge in [0.2, 0.25) is 0 Å². The molecule has 1 heterocycles. The Morgan fingerprint density at radius 2 is 1.33 bits per heavy atom. The van der Waals surface area contributed by atoms with Gasteiger partial charge in [0.25, 0.3) is 5.91 Å². The highest BCUT2D eigenvalue weighted by molar-refractivity contribution is 6.31. The summed E-state index contributed by atoms with van der Waals surface area (Å²) in [5, 5.41) is 11.9. The first kappa shape index (κ1) is 17.7. The average molecular weight is 396 g/mol. The topological polar surface area (TPSA) is 40.5 Å². The van der Waals surface area contributed by atoms with Crippen LogP contribution in [0.3, 0.4) is 0 Å². The van der Waals surface area contributed by atoms with Crippen LogP contribution in [0.4, 0.5) is 5.69 Å². The molecule has 1 amide bonds. The second kappa shape index (κ2) is 7.10. The lowest BCUT2D eigenvalue weighted by molar-refractivity contribution is -0.117. The van der Waals surface area contributed by atoms with Gasteiger partial charge in [-0.1, -0.05) is 65.7 Å². The SMILES string of the molecule is O=C1C(O)=C(c2ccccc2)[C@H](c2ccc(Cl)cc2)N1c1ccc(Cl)cc1. The summed E-state index contributed by atoms with van der Waals surface area (Å²) < 4.78 is 0. The largest absolute Gasteiger partial charge is 0.503 e. The predicted octanol–water partition coefficient (Wildman–Crippen LogP) is 6.05. The Labute approximate surface area is 167 Å². The minimum Gasteiger partial charge on any atom is -0.503 e. The minimum absolute atomic E-state index is 0.254. The van der Waals surface area contributed by atoms with Crippen LogP contribution in [0, 0.1) is 0 Å². The number of benzene rings is 3. The summed E-state index contributed by atoms with van der Waals surface area (Å²) in [6.45, 7) is 0. The number of carbonyl (C=O) groups excluding carboxylic acids is 1. The van der Waals surface area contributed by atoms with Crippen LogP contribution >= 0.6 is 23.2 Å². The fourth-order valence-corrected chi connectivity index (χ4v) is 3.60. The minimum atomic E-state index is -0.474. The van der Waals surface area contributed by atoms with Crippen molar-refractivity contribution in [1.29, 1.82) is 0 Å². The van der Waals surface area contributed by atoms with E-state index in [2.05, 4.69) is 0 Å². The van der Waals surface area contributed by atoms with Crippen LogP contribution in [0.2, 0.25) is 10.0 Å². The van der Waals surface area contributed by atoms with E-state index in [0.29, 0.717) is 21.3 Å². The summed E-state index contributed by atoms with van der Waals surface area (Å²) in [6.07, 6.45) is 0. The zero-order valence-electron chi connectivity index (χ0n) is 14.1. The van der Waals surface area contributed by atoms with Crippen molar-refractivity contribution in [3.05, 3.63) is 106 Å². The summed E-state index contributed by atoms with van der Waals surface area (Å²) in [5.41, 5.74) is 2.87. The highest BCUT2D eigenvalue weighted by atomic mass is 35.5. The third-order valence-electron chi connectivity index (χ3n) is 4.58. The van der Waals surface area contributed by atoms with Crippen molar-refractivity contribution < 1.29 is 9.90 Å². The lowest BCUT2D eigenvalue weighted by Gasteiger charge is -2.27. The maximum Gasteiger partial charge on any atom is 0.294 e. The molecule has 134 valence electrons. The van der Waals surface area contributed by atoms with Crippen molar-refractivity contribution in [3.63, 3.8) is 0 Å². The quantitative estimate of drug-likeness (QED) is 0.586. The van der Waals surface area contributed by atoms with Crippen molar-refractivity contribution in [3.8, 4) is 0 Å². The highest BCUT2D eigenvalue weighted by Gasteiger charge is 2.41. The van der Waals surface area contributed by atoms with Crippen molar-refractivity contribution in [1.82, 2.24) is 0 Å². The zero-order valence-corrected chi connectivity index (χ0v) is 15.7. The standard InChI is InChI=1S/C22H15Cl2NO2/c23-16-8-6-15(7-9-16)20-19(14-4-2-1-3-5-14)21(26)22(27)25(20)18-12-10-17(24)11-13-18/h1-13,20,26H/t20-/m0/s1. The number of aliphatic hydroxyl groups excluding tert-OH is 1. The van der Waals surface area contributed by atoms with Crippen LogP contribution in [0.25, 0.3) is 5.57 Å². The Morgan fingerprint density at radius 3 is 1.93 bits per heavy atom. The molecule has 0 saturated heterocycles. The number of carbonyl (C=O) groups is 1. The molecule has 0 aromatic heterocycles. The summed E-state index contributed by atoms with van der Waals surface area (Å²) in [6, 6.07) is 23.2. The summed E-state index contributed by atoms with van der Waals surface area (Å²) in [5.74, 6) is -0.702. The van der Waals surface area contributed by atoms with Gasteiger partial charge in [0.05, 0.1) is 6.04 Å². The maximum atomic E-state index is 13.0. The van der Waals surface area contributed by atoms with Gasteiger partial charge in [-0.2, -0.15) is 0 Å². The Bertz CT molecular complexity index is 1010. The van der Waals surface area contributed by atoms with Crippen molar-refractivity contribution in [2.24, 2.45) is 0 Å². The first-order valence-electron chi connectivity index (χ1n) is 8.39.